The third-order valence-corrected chi connectivity index (χ3v) is 5.22. The van der Waals surface area contributed by atoms with Crippen molar-refractivity contribution >= 4 is 5.91 Å². The lowest BCUT2D eigenvalue weighted by Gasteiger charge is -2.13. The van der Waals surface area contributed by atoms with E-state index in [4.69, 9.17) is 4.74 Å². The molecule has 3 aromatic rings. The van der Waals surface area contributed by atoms with Crippen LogP contribution in [0.4, 0.5) is 0 Å². The van der Waals surface area contributed by atoms with Crippen molar-refractivity contribution < 1.29 is 9.53 Å². The number of nitrogens with one attached hydrogen (secondary N) is 1. The second-order valence-electron chi connectivity index (χ2n) is 7.20. The molecule has 0 atom stereocenters. The summed E-state index contributed by atoms with van der Waals surface area (Å²) in [5.41, 5.74) is 3.52. The van der Waals surface area contributed by atoms with Crippen molar-refractivity contribution in [3.05, 3.63) is 66.0 Å². The van der Waals surface area contributed by atoms with Crippen LogP contribution in [0.15, 0.2) is 60.3 Å². The van der Waals surface area contributed by atoms with Gasteiger partial charge in [-0.1, -0.05) is 35.1 Å². The molecule has 2 heterocycles. The van der Waals surface area contributed by atoms with Crippen LogP contribution in [0, 0.1) is 0 Å². The minimum atomic E-state index is -0.256. The number of nitrogens with zero attached hydrogens (tertiary/aromatic N) is 4. The number of benzene rings is 1. The highest BCUT2D eigenvalue weighted by atomic mass is 16.5. The van der Waals surface area contributed by atoms with Crippen molar-refractivity contribution in [1.29, 1.82) is 0 Å². The van der Waals surface area contributed by atoms with Gasteiger partial charge >= 0.3 is 0 Å². The molecule has 30 heavy (non-hydrogen) atoms. The lowest BCUT2D eigenvalue weighted by molar-refractivity contribution is 0.0949. The standard InChI is InChI=1S/C23H25N5O2/c1-30-20-13-6-5-12-19(20)28-22(18-11-7-8-15-24-18)21(26-27-28)23(29)25-16-14-17-9-3-2-4-10-17/h5-9,11-13,15H,2-4,10,14,16H2,1H3,(H,25,29). The van der Waals surface area contributed by atoms with Gasteiger partial charge in [0.15, 0.2) is 5.69 Å². The number of pyridine rings is 1. The average Bonchev–Trinajstić information content (AvgIpc) is 3.25. The van der Waals surface area contributed by atoms with E-state index >= 15 is 0 Å². The van der Waals surface area contributed by atoms with E-state index in [1.54, 1.807) is 18.0 Å². The number of rotatable bonds is 7. The maximum absolute atomic E-state index is 13.0. The van der Waals surface area contributed by atoms with Gasteiger partial charge in [-0.3, -0.25) is 9.78 Å². The van der Waals surface area contributed by atoms with Crippen LogP contribution in [0.25, 0.3) is 17.1 Å². The zero-order valence-corrected chi connectivity index (χ0v) is 17.0. The van der Waals surface area contributed by atoms with Gasteiger partial charge in [-0.2, -0.15) is 0 Å². The Kier molecular flexibility index (Phi) is 6.17. The molecule has 1 N–H and O–H groups in total. The molecule has 7 heteroatoms. The summed E-state index contributed by atoms with van der Waals surface area (Å²) in [5, 5.41) is 11.5. The smallest absolute Gasteiger partial charge is 0.274 e. The SMILES string of the molecule is COc1ccccc1-n1nnc(C(=O)NCCC2=CCCCC2)c1-c1ccccn1. The van der Waals surface area contributed by atoms with Crippen molar-refractivity contribution in [2.24, 2.45) is 0 Å². The molecule has 0 spiro atoms. The lowest BCUT2D eigenvalue weighted by Crippen LogP contribution is -2.26. The molecule has 4 rings (SSSR count). The Morgan fingerprint density at radius 2 is 2.03 bits per heavy atom. The van der Waals surface area contributed by atoms with E-state index in [-0.39, 0.29) is 11.6 Å². The average molecular weight is 403 g/mol. The quantitative estimate of drug-likeness (QED) is 0.604. The summed E-state index contributed by atoms with van der Waals surface area (Å²) in [6, 6.07) is 13.0. The number of hydrogen-bond donors (Lipinski definition) is 1. The summed E-state index contributed by atoms with van der Waals surface area (Å²) in [6.45, 7) is 0.577. The van der Waals surface area contributed by atoms with Gasteiger partial charge in [0.25, 0.3) is 5.91 Å². The van der Waals surface area contributed by atoms with Gasteiger partial charge in [-0.15, -0.1) is 5.10 Å². The maximum Gasteiger partial charge on any atom is 0.274 e. The Bertz CT molecular complexity index is 1040. The molecule has 0 aliphatic heterocycles. The van der Waals surface area contributed by atoms with Gasteiger partial charge in [0.05, 0.1) is 12.8 Å². The Balaban J connectivity index is 1.64. The molecule has 154 valence electrons. The van der Waals surface area contributed by atoms with E-state index in [0.717, 1.165) is 19.3 Å². The highest BCUT2D eigenvalue weighted by Crippen LogP contribution is 2.28. The summed E-state index contributed by atoms with van der Waals surface area (Å²) in [7, 11) is 1.60. The Hall–Kier alpha value is -3.48. The maximum atomic E-state index is 13.0. The van der Waals surface area contributed by atoms with Crippen LogP contribution in [0.2, 0.25) is 0 Å². The summed E-state index contributed by atoms with van der Waals surface area (Å²) >= 11 is 0. The zero-order valence-electron chi connectivity index (χ0n) is 17.0. The third kappa shape index (κ3) is 4.25. The number of methoxy groups -OCH3 is 1. The van der Waals surface area contributed by atoms with Crippen LogP contribution in [0.1, 0.15) is 42.6 Å². The first-order chi connectivity index (χ1) is 14.8. The van der Waals surface area contributed by atoms with Crippen molar-refractivity contribution in [2.45, 2.75) is 32.1 Å². The molecule has 0 bridgehead atoms. The first-order valence-corrected chi connectivity index (χ1v) is 10.2. The van der Waals surface area contributed by atoms with Crippen molar-refractivity contribution in [3.8, 4) is 22.8 Å². The predicted octanol–water partition coefficient (Wildman–Crippen LogP) is 3.96. The molecular formula is C23H25N5O2. The van der Waals surface area contributed by atoms with Crippen LogP contribution in [-0.2, 0) is 0 Å². The van der Waals surface area contributed by atoms with E-state index < -0.39 is 0 Å². The molecule has 0 saturated carbocycles. The van der Waals surface area contributed by atoms with Gasteiger partial charge in [0, 0.05) is 12.7 Å². The molecule has 1 aromatic carbocycles. The number of carbonyl (C=O) groups is 1. The number of allylic oxidation sites excluding steroid dienone is 1. The summed E-state index contributed by atoms with van der Waals surface area (Å²) in [4.78, 5) is 17.4. The van der Waals surface area contributed by atoms with Crippen molar-refractivity contribution in [3.63, 3.8) is 0 Å². The van der Waals surface area contributed by atoms with Crippen LogP contribution in [-0.4, -0.2) is 39.5 Å². The summed E-state index contributed by atoms with van der Waals surface area (Å²) < 4.78 is 7.09. The number of para-hydroxylation sites is 2. The van der Waals surface area contributed by atoms with E-state index in [0.29, 0.717) is 29.4 Å². The van der Waals surface area contributed by atoms with Crippen LogP contribution >= 0.6 is 0 Å². The second-order valence-corrected chi connectivity index (χ2v) is 7.20. The lowest BCUT2D eigenvalue weighted by atomic mass is 9.97. The number of aromatic nitrogens is 4. The van der Waals surface area contributed by atoms with Crippen molar-refractivity contribution in [2.75, 3.05) is 13.7 Å². The fourth-order valence-corrected chi connectivity index (χ4v) is 3.69. The minimum Gasteiger partial charge on any atom is -0.494 e. The number of amides is 1. The van der Waals surface area contributed by atoms with Gasteiger partial charge in [0.1, 0.15) is 17.1 Å². The molecular weight excluding hydrogens is 378 g/mol. The molecule has 2 aromatic heterocycles. The normalized spacial score (nSPS) is 13.6. The third-order valence-electron chi connectivity index (χ3n) is 5.22. The highest BCUT2D eigenvalue weighted by molar-refractivity contribution is 5.98. The fraction of sp³-hybridized carbons (Fsp3) is 0.304. The van der Waals surface area contributed by atoms with E-state index in [1.165, 1.54) is 18.4 Å². The van der Waals surface area contributed by atoms with E-state index in [1.807, 2.05) is 42.5 Å². The highest BCUT2D eigenvalue weighted by Gasteiger charge is 2.24. The first kappa shape index (κ1) is 19.8. The summed E-state index contributed by atoms with van der Waals surface area (Å²) in [5.74, 6) is 0.379. The van der Waals surface area contributed by atoms with Crippen LogP contribution < -0.4 is 10.1 Å². The monoisotopic (exact) mass is 403 g/mol. The van der Waals surface area contributed by atoms with Crippen LogP contribution in [0.3, 0.4) is 0 Å². The second kappa shape index (κ2) is 9.35. The Morgan fingerprint density at radius 1 is 1.17 bits per heavy atom. The Labute approximate surface area is 175 Å². The molecule has 7 nitrogen and oxygen atoms in total. The summed E-state index contributed by atoms with van der Waals surface area (Å²) in [6.07, 6.45) is 9.61. The molecule has 1 aliphatic rings. The predicted molar refractivity (Wildman–Crippen MR) is 115 cm³/mol. The fourth-order valence-electron chi connectivity index (χ4n) is 3.69. The number of hydrogen-bond acceptors (Lipinski definition) is 5. The number of carbonyl (C=O) groups excluding carboxylic acids is 1. The molecule has 1 amide bonds. The van der Waals surface area contributed by atoms with Gasteiger partial charge in [0.2, 0.25) is 0 Å². The minimum absolute atomic E-state index is 0.247. The number of ether oxygens (including phenoxy) is 1. The molecule has 0 radical (unpaired) electrons. The van der Waals surface area contributed by atoms with Gasteiger partial charge < -0.3 is 10.1 Å². The molecule has 1 aliphatic carbocycles. The Morgan fingerprint density at radius 3 is 2.80 bits per heavy atom. The topological polar surface area (TPSA) is 81.9 Å². The molecule has 0 fully saturated rings. The zero-order chi connectivity index (χ0) is 20.8. The van der Waals surface area contributed by atoms with E-state index in [9.17, 15) is 4.79 Å². The van der Waals surface area contributed by atoms with Crippen LogP contribution in [0.5, 0.6) is 5.75 Å². The largest absolute Gasteiger partial charge is 0.494 e. The molecule has 0 unspecified atom stereocenters. The van der Waals surface area contributed by atoms with Crippen molar-refractivity contribution in [1.82, 2.24) is 25.3 Å². The van der Waals surface area contributed by atoms with Gasteiger partial charge in [-0.05, 0) is 56.4 Å². The van der Waals surface area contributed by atoms with Gasteiger partial charge in [-0.25, -0.2) is 4.68 Å². The first-order valence-electron chi connectivity index (χ1n) is 10.2. The molecule has 0 saturated heterocycles. The van der Waals surface area contributed by atoms with E-state index in [2.05, 4.69) is 26.7 Å².